The predicted octanol–water partition coefficient (Wildman–Crippen LogP) is 8.56. The number of rotatable bonds is 45. The third-order valence-electron chi connectivity index (χ3n) is 14.3. The molecule has 2 aliphatic rings. The van der Waals surface area contributed by atoms with Crippen molar-refractivity contribution < 1.29 is 64.6 Å². The molecule has 0 aromatic rings. The first kappa shape index (κ1) is 63.1. The first-order valence-electron chi connectivity index (χ1n) is 28.3. The minimum Gasteiger partial charge on any atom is -0.394 e. The zero-order valence-corrected chi connectivity index (χ0v) is 43.1. The second-order valence-electron chi connectivity index (χ2n) is 20.4. The Morgan fingerprint density at radius 1 is 0.471 bits per heavy atom. The van der Waals surface area contributed by atoms with Crippen LogP contribution in [0.1, 0.15) is 245 Å². The zero-order valence-electron chi connectivity index (χ0n) is 43.1. The van der Waals surface area contributed by atoms with Crippen molar-refractivity contribution in [2.75, 3.05) is 19.8 Å². The van der Waals surface area contributed by atoms with Crippen molar-refractivity contribution in [2.24, 2.45) is 0 Å². The molecule has 0 aromatic carbocycles. The standard InChI is InChI=1S/C54H105NO13/c1-3-5-7-9-11-13-15-17-19-20-21-22-23-24-25-27-29-31-33-35-37-43(58)42(55-46(59)38-36-34-32-30-28-26-18-16-14-12-10-8-6-4-2)41-65-53-51(64)49(62)52(45(40-57)67-53)68-54-50(63)48(61)47(60)44(39-56)66-54/h42-45,47-54,56-58,60-64H,3-41H2,1-2H3,(H,55,59). The maximum atomic E-state index is 13.2. The average Bonchev–Trinajstić information content (AvgIpc) is 3.34. The minimum atomic E-state index is -1.78. The van der Waals surface area contributed by atoms with Crippen LogP contribution in [-0.4, -0.2) is 140 Å². The highest BCUT2D eigenvalue weighted by Crippen LogP contribution is 2.30. The molecule has 9 N–H and O–H groups in total. The monoisotopic (exact) mass is 976 g/mol. The van der Waals surface area contributed by atoms with Crippen LogP contribution >= 0.6 is 0 Å². The molecule has 0 saturated carbocycles. The van der Waals surface area contributed by atoms with E-state index < -0.39 is 86.8 Å². The van der Waals surface area contributed by atoms with E-state index in [0.29, 0.717) is 12.8 Å². The van der Waals surface area contributed by atoms with Crippen LogP contribution in [0.5, 0.6) is 0 Å². The van der Waals surface area contributed by atoms with E-state index in [4.69, 9.17) is 18.9 Å². The van der Waals surface area contributed by atoms with Gasteiger partial charge in [-0.1, -0.05) is 226 Å². The quantitative estimate of drug-likeness (QED) is 0.0261. The first-order valence-corrected chi connectivity index (χ1v) is 28.3. The predicted molar refractivity (Wildman–Crippen MR) is 268 cm³/mol. The summed E-state index contributed by atoms with van der Waals surface area (Å²) in [5.41, 5.74) is 0. The van der Waals surface area contributed by atoms with Gasteiger partial charge in [-0.15, -0.1) is 0 Å². The van der Waals surface area contributed by atoms with Gasteiger partial charge in [-0.3, -0.25) is 4.79 Å². The number of aliphatic hydroxyl groups is 8. The third kappa shape index (κ3) is 27.7. The van der Waals surface area contributed by atoms with E-state index >= 15 is 0 Å². The van der Waals surface area contributed by atoms with E-state index in [1.165, 1.54) is 167 Å². The molecule has 0 aromatic heterocycles. The summed E-state index contributed by atoms with van der Waals surface area (Å²) in [5, 5.41) is 87.1. The van der Waals surface area contributed by atoms with Crippen LogP contribution in [-0.2, 0) is 23.7 Å². The molecule has 0 bridgehead atoms. The Balaban J connectivity index is 1.77. The Hall–Kier alpha value is -1.01. The highest BCUT2D eigenvalue weighted by atomic mass is 16.7. The van der Waals surface area contributed by atoms with Crippen molar-refractivity contribution in [3.05, 3.63) is 0 Å². The molecule has 68 heavy (non-hydrogen) atoms. The van der Waals surface area contributed by atoms with Crippen molar-refractivity contribution in [2.45, 2.75) is 319 Å². The number of hydrogen-bond donors (Lipinski definition) is 9. The van der Waals surface area contributed by atoms with Crippen molar-refractivity contribution in [1.82, 2.24) is 5.32 Å². The summed E-state index contributed by atoms with van der Waals surface area (Å²) in [6.07, 6.45) is 26.7. The number of ether oxygens (including phenoxy) is 4. The Bertz CT molecular complexity index is 1150. The molecular formula is C54H105NO13. The molecule has 0 spiro atoms. The molecule has 0 radical (unpaired) electrons. The summed E-state index contributed by atoms with van der Waals surface area (Å²) in [5.74, 6) is -0.202. The fraction of sp³-hybridized carbons (Fsp3) is 0.981. The summed E-state index contributed by atoms with van der Waals surface area (Å²) in [7, 11) is 0. The number of amides is 1. The van der Waals surface area contributed by atoms with Gasteiger partial charge in [0.05, 0.1) is 32.0 Å². The number of hydrogen-bond acceptors (Lipinski definition) is 13. The average molecular weight is 976 g/mol. The highest BCUT2D eigenvalue weighted by molar-refractivity contribution is 5.76. The number of unbranched alkanes of at least 4 members (excludes halogenated alkanes) is 32. The first-order chi connectivity index (χ1) is 33.1. The summed E-state index contributed by atoms with van der Waals surface area (Å²) < 4.78 is 22.8. The molecule has 14 heteroatoms. The lowest BCUT2D eigenvalue weighted by molar-refractivity contribution is -0.359. The SMILES string of the molecule is CCCCCCCCCCCCCCCCCCCCCCC(O)C(COC1OC(CO)C(OC2OC(CO)C(O)C(O)C2O)C(O)C1O)NC(=O)CCCCCCCCCCCCCCCC. The molecular weight excluding hydrogens is 871 g/mol. The molecule has 2 rings (SSSR count). The fourth-order valence-corrected chi connectivity index (χ4v) is 9.71. The Kier molecular flexibility index (Phi) is 38.5. The van der Waals surface area contributed by atoms with E-state index in [9.17, 15) is 45.6 Å². The molecule has 0 aliphatic carbocycles. The third-order valence-corrected chi connectivity index (χ3v) is 14.3. The molecule has 2 fully saturated rings. The number of carbonyl (C=O) groups is 1. The summed E-state index contributed by atoms with van der Waals surface area (Å²) >= 11 is 0. The van der Waals surface area contributed by atoms with Gasteiger partial charge in [0.15, 0.2) is 12.6 Å². The number of carbonyl (C=O) groups excluding carboxylic acids is 1. The van der Waals surface area contributed by atoms with E-state index in [0.717, 1.165) is 51.4 Å². The molecule has 2 heterocycles. The van der Waals surface area contributed by atoms with E-state index in [1.807, 2.05) is 0 Å². The molecule has 2 aliphatic heterocycles. The van der Waals surface area contributed by atoms with Crippen molar-refractivity contribution >= 4 is 5.91 Å². The van der Waals surface area contributed by atoms with Gasteiger partial charge in [-0.2, -0.15) is 0 Å². The molecule has 12 unspecified atom stereocenters. The van der Waals surface area contributed by atoms with Crippen LogP contribution in [0.2, 0.25) is 0 Å². The molecule has 2 saturated heterocycles. The van der Waals surface area contributed by atoms with Gasteiger partial charge < -0.3 is 65.1 Å². The Morgan fingerprint density at radius 3 is 1.25 bits per heavy atom. The maximum absolute atomic E-state index is 13.2. The Morgan fingerprint density at radius 2 is 0.838 bits per heavy atom. The topological polar surface area (TPSA) is 228 Å². The second kappa shape index (κ2) is 41.5. The lowest BCUT2D eigenvalue weighted by Crippen LogP contribution is -2.65. The molecule has 14 nitrogen and oxygen atoms in total. The zero-order chi connectivity index (χ0) is 49.6. The Labute approximate surface area is 413 Å². The van der Waals surface area contributed by atoms with Crippen LogP contribution < -0.4 is 5.32 Å². The second-order valence-corrected chi connectivity index (χ2v) is 20.4. The minimum absolute atomic E-state index is 0.202. The molecule has 12 atom stereocenters. The van der Waals surface area contributed by atoms with Gasteiger partial charge in [0.2, 0.25) is 5.91 Å². The molecule has 404 valence electrons. The van der Waals surface area contributed by atoms with Crippen LogP contribution in [0.15, 0.2) is 0 Å². The van der Waals surface area contributed by atoms with Gasteiger partial charge in [-0.05, 0) is 12.8 Å². The van der Waals surface area contributed by atoms with Crippen molar-refractivity contribution in [3.8, 4) is 0 Å². The van der Waals surface area contributed by atoms with Crippen LogP contribution in [0.4, 0.5) is 0 Å². The highest BCUT2D eigenvalue weighted by Gasteiger charge is 2.51. The smallest absolute Gasteiger partial charge is 0.220 e. The molecule has 1 amide bonds. The van der Waals surface area contributed by atoms with Gasteiger partial charge >= 0.3 is 0 Å². The maximum Gasteiger partial charge on any atom is 0.220 e. The lowest BCUT2D eigenvalue weighted by Gasteiger charge is -2.46. The van der Waals surface area contributed by atoms with Crippen molar-refractivity contribution in [1.29, 1.82) is 0 Å². The van der Waals surface area contributed by atoms with Crippen LogP contribution in [0, 0.1) is 0 Å². The van der Waals surface area contributed by atoms with E-state index in [-0.39, 0.29) is 12.5 Å². The van der Waals surface area contributed by atoms with Gasteiger partial charge in [-0.25, -0.2) is 0 Å². The summed E-state index contributed by atoms with van der Waals surface area (Å²) in [6.45, 7) is 2.88. The fourth-order valence-electron chi connectivity index (χ4n) is 9.71. The summed E-state index contributed by atoms with van der Waals surface area (Å²) in [6, 6.07) is -0.821. The largest absolute Gasteiger partial charge is 0.394 e. The normalized spacial score (nSPS) is 26.3. The number of aliphatic hydroxyl groups excluding tert-OH is 8. The van der Waals surface area contributed by atoms with Crippen molar-refractivity contribution in [3.63, 3.8) is 0 Å². The van der Waals surface area contributed by atoms with E-state index in [1.54, 1.807) is 0 Å². The number of nitrogens with one attached hydrogen (secondary N) is 1. The van der Waals surface area contributed by atoms with Crippen LogP contribution in [0.25, 0.3) is 0 Å². The van der Waals surface area contributed by atoms with Gasteiger partial charge in [0.1, 0.15) is 48.8 Å². The van der Waals surface area contributed by atoms with Crippen LogP contribution in [0.3, 0.4) is 0 Å². The van der Waals surface area contributed by atoms with E-state index in [2.05, 4.69) is 19.2 Å². The lowest BCUT2D eigenvalue weighted by atomic mass is 9.97. The summed E-state index contributed by atoms with van der Waals surface area (Å²) in [4.78, 5) is 13.2. The van der Waals surface area contributed by atoms with Gasteiger partial charge in [0.25, 0.3) is 0 Å². The van der Waals surface area contributed by atoms with Gasteiger partial charge in [0, 0.05) is 6.42 Å².